The molecule has 0 fully saturated rings. The van der Waals surface area contributed by atoms with Crippen LogP contribution in [0.25, 0.3) is 0 Å². The number of carbonyl (C=O) groups is 1. The zero-order chi connectivity index (χ0) is 12.0. The number of rotatable bonds is 4. The van der Waals surface area contributed by atoms with E-state index in [4.69, 9.17) is 5.26 Å². The van der Waals surface area contributed by atoms with Gasteiger partial charge in [-0.15, -0.1) is 0 Å². The van der Waals surface area contributed by atoms with E-state index in [9.17, 15) is 4.79 Å². The van der Waals surface area contributed by atoms with Crippen molar-refractivity contribution in [3.63, 3.8) is 0 Å². The molecule has 1 heterocycles. The zero-order valence-corrected chi connectivity index (χ0v) is 9.53. The van der Waals surface area contributed by atoms with Crippen LogP contribution < -0.4 is 5.32 Å². The SMILES string of the molecule is CCCC(C#N)NC(=O)c1cncc(C)c1. The van der Waals surface area contributed by atoms with Crippen LogP contribution >= 0.6 is 0 Å². The van der Waals surface area contributed by atoms with Gasteiger partial charge in [0, 0.05) is 12.4 Å². The average molecular weight is 217 g/mol. The highest BCUT2D eigenvalue weighted by molar-refractivity contribution is 5.94. The lowest BCUT2D eigenvalue weighted by molar-refractivity contribution is 0.0943. The Hall–Kier alpha value is -1.89. The van der Waals surface area contributed by atoms with Crippen molar-refractivity contribution in [1.82, 2.24) is 10.3 Å². The summed E-state index contributed by atoms with van der Waals surface area (Å²) in [6.45, 7) is 3.85. The first-order valence-corrected chi connectivity index (χ1v) is 5.29. The van der Waals surface area contributed by atoms with Crippen molar-refractivity contribution >= 4 is 5.91 Å². The van der Waals surface area contributed by atoms with Crippen LogP contribution in [-0.4, -0.2) is 16.9 Å². The first-order chi connectivity index (χ1) is 7.67. The lowest BCUT2D eigenvalue weighted by atomic mass is 10.1. The minimum atomic E-state index is -0.419. The molecule has 0 saturated heterocycles. The van der Waals surface area contributed by atoms with Crippen LogP contribution in [0.3, 0.4) is 0 Å². The highest BCUT2D eigenvalue weighted by atomic mass is 16.1. The van der Waals surface area contributed by atoms with Crippen LogP contribution in [0.15, 0.2) is 18.5 Å². The van der Waals surface area contributed by atoms with Gasteiger partial charge < -0.3 is 5.32 Å². The van der Waals surface area contributed by atoms with Gasteiger partial charge in [-0.1, -0.05) is 13.3 Å². The van der Waals surface area contributed by atoms with Crippen LogP contribution in [0.5, 0.6) is 0 Å². The molecule has 0 aliphatic heterocycles. The van der Waals surface area contributed by atoms with Crippen molar-refractivity contribution in [3.05, 3.63) is 29.6 Å². The van der Waals surface area contributed by atoms with Gasteiger partial charge in [0.15, 0.2) is 0 Å². The number of nitrogens with zero attached hydrogens (tertiary/aromatic N) is 2. The van der Waals surface area contributed by atoms with Crippen molar-refractivity contribution in [2.75, 3.05) is 0 Å². The number of carbonyl (C=O) groups excluding carboxylic acids is 1. The van der Waals surface area contributed by atoms with Gasteiger partial charge in [-0.2, -0.15) is 5.26 Å². The van der Waals surface area contributed by atoms with Crippen molar-refractivity contribution in [2.45, 2.75) is 32.7 Å². The molecule has 1 N–H and O–H groups in total. The summed E-state index contributed by atoms with van der Waals surface area (Å²) in [5.41, 5.74) is 1.42. The second-order valence-corrected chi connectivity index (χ2v) is 3.69. The summed E-state index contributed by atoms with van der Waals surface area (Å²) in [5, 5.41) is 11.5. The highest BCUT2D eigenvalue weighted by Crippen LogP contribution is 2.03. The second-order valence-electron chi connectivity index (χ2n) is 3.69. The summed E-state index contributed by atoms with van der Waals surface area (Å²) >= 11 is 0. The molecule has 0 bridgehead atoms. The molecule has 1 amide bonds. The van der Waals surface area contributed by atoms with E-state index in [2.05, 4.69) is 16.4 Å². The Bertz CT molecular complexity index is 409. The number of aryl methyl sites for hydroxylation is 1. The molecule has 0 aromatic carbocycles. The molecule has 4 heteroatoms. The summed E-state index contributed by atoms with van der Waals surface area (Å²) in [4.78, 5) is 15.7. The third-order valence-electron chi connectivity index (χ3n) is 2.18. The van der Waals surface area contributed by atoms with Gasteiger partial charge in [-0.05, 0) is 25.0 Å². The zero-order valence-electron chi connectivity index (χ0n) is 9.53. The van der Waals surface area contributed by atoms with Crippen LogP contribution in [0.2, 0.25) is 0 Å². The number of nitriles is 1. The number of hydrogen-bond donors (Lipinski definition) is 1. The standard InChI is InChI=1S/C12H15N3O/c1-3-4-11(6-13)15-12(16)10-5-9(2)7-14-8-10/h5,7-8,11H,3-4H2,1-2H3,(H,15,16). The molecule has 4 nitrogen and oxygen atoms in total. The van der Waals surface area contributed by atoms with Crippen molar-refractivity contribution in [1.29, 1.82) is 5.26 Å². The largest absolute Gasteiger partial charge is 0.336 e. The van der Waals surface area contributed by atoms with Crippen LogP contribution in [-0.2, 0) is 0 Å². The van der Waals surface area contributed by atoms with Crippen LogP contribution in [0.1, 0.15) is 35.7 Å². The lowest BCUT2D eigenvalue weighted by Crippen LogP contribution is -2.33. The molecule has 0 radical (unpaired) electrons. The Morgan fingerprint density at radius 3 is 2.94 bits per heavy atom. The van der Waals surface area contributed by atoms with E-state index in [-0.39, 0.29) is 5.91 Å². The van der Waals surface area contributed by atoms with Gasteiger partial charge in [-0.3, -0.25) is 9.78 Å². The third kappa shape index (κ3) is 3.35. The summed E-state index contributed by atoms with van der Waals surface area (Å²) < 4.78 is 0. The molecule has 0 aliphatic rings. The monoisotopic (exact) mass is 217 g/mol. The minimum absolute atomic E-state index is 0.240. The summed E-state index contributed by atoms with van der Waals surface area (Å²) in [5.74, 6) is -0.240. The molecule has 1 unspecified atom stereocenters. The van der Waals surface area contributed by atoms with E-state index in [1.165, 1.54) is 6.20 Å². The van der Waals surface area contributed by atoms with Crippen LogP contribution in [0.4, 0.5) is 0 Å². The Labute approximate surface area is 95.3 Å². The smallest absolute Gasteiger partial charge is 0.253 e. The van der Waals surface area contributed by atoms with E-state index >= 15 is 0 Å². The summed E-state index contributed by atoms with van der Waals surface area (Å²) in [6, 6.07) is 3.40. The quantitative estimate of drug-likeness (QED) is 0.836. The van der Waals surface area contributed by atoms with E-state index in [0.717, 1.165) is 12.0 Å². The Morgan fingerprint density at radius 2 is 2.38 bits per heavy atom. The normalized spacial score (nSPS) is 11.6. The maximum atomic E-state index is 11.7. The first kappa shape index (κ1) is 12.2. The van der Waals surface area contributed by atoms with Gasteiger partial charge in [-0.25, -0.2) is 0 Å². The minimum Gasteiger partial charge on any atom is -0.336 e. The van der Waals surface area contributed by atoms with E-state index in [0.29, 0.717) is 12.0 Å². The molecule has 1 aromatic rings. The molecule has 84 valence electrons. The molecule has 16 heavy (non-hydrogen) atoms. The predicted molar refractivity (Wildman–Crippen MR) is 60.7 cm³/mol. The van der Waals surface area contributed by atoms with E-state index < -0.39 is 6.04 Å². The van der Waals surface area contributed by atoms with E-state index in [1.807, 2.05) is 13.8 Å². The molecule has 0 spiro atoms. The highest BCUT2D eigenvalue weighted by Gasteiger charge is 2.12. The lowest BCUT2D eigenvalue weighted by Gasteiger charge is -2.10. The molecule has 1 aromatic heterocycles. The van der Waals surface area contributed by atoms with Crippen molar-refractivity contribution in [2.24, 2.45) is 0 Å². The summed E-state index contributed by atoms with van der Waals surface area (Å²) in [6.07, 6.45) is 4.72. The molecule has 0 aliphatic carbocycles. The molecule has 1 atom stereocenters. The molecular formula is C12H15N3O. The Balaban J connectivity index is 2.69. The van der Waals surface area contributed by atoms with Gasteiger partial charge in [0.25, 0.3) is 5.91 Å². The fourth-order valence-corrected chi connectivity index (χ4v) is 1.38. The number of pyridine rings is 1. The molecular weight excluding hydrogens is 202 g/mol. The first-order valence-electron chi connectivity index (χ1n) is 5.29. The van der Waals surface area contributed by atoms with Crippen LogP contribution in [0, 0.1) is 18.3 Å². The van der Waals surface area contributed by atoms with Gasteiger partial charge in [0.1, 0.15) is 6.04 Å². The third-order valence-corrected chi connectivity index (χ3v) is 2.18. The van der Waals surface area contributed by atoms with Crippen molar-refractivity contribution in [3.8, 4) is 6.07 Å². The molecule has 1 rings (SSSR count). The number of amides is 1. The fraction of sp³-hybridized carbons (Fsp3) is 0.417. The Kier molecular flexibility index (Phi) is 4.46. The van der Waals surface area contributed by atoms with Gasteiger partial charge in [0.05, 0.1) is 11.6 Å². The number of nitrogens with one attached hydrogen (secondary N) is 1. The van der Waals surface area contributed by atoms with E-state index in [1.54, 1.807) is 12.3 Å². The number of aromatic nitrogens is 1. The predicted octanol–water partition coefficient (Wildman–Crippen LogP) is 1.81. The maximum Gasteiger partial charge on any atom is 0.253 e. The van der Waals surface area contributed by atoms with Crippen molar-refractivity contribution < 1.29 is 4.79 Å². The number of hydrogen-bond acceptors (Lipinski definition) is 3. The second kappa shape index (κ2) is 5.86. The molecule has 0 saturated carbocycles. The topological polar surface area (TPSA) is 65.8 Å². The average Bonchev–Trinajstić information content (AvgIpc) is 2.28. The summed E-state index contributed by atoms with van der Waals surface area (Å²) in [7, 11) is 0. The maximum absolute atomic E-state index is 11.7. The van der Waals surface area contributed by atoms with Gasteiger partial charge in [0.2, 0.25) is 0 Å². The Morgan fingerprint density at radius 1 is 1.62 bits per heavy atom. The van der Waals surface area contributed by atoms with Gasteiger partial charge >= 0.3 is 0 Å². The fourth-order valence-electron chi connectivity index (χ4n) is 1.38.